The highest BCUT2D eigenvalue weighted by Crippen LogP contribution is 2.22. The summed E-state index contributed by atoms with van der Waals surface area (Å²) >= 11 is 5.22. The first-order chi connectivity index (χ1) is 12.7. The molecule has 0 spiro atoms. The van der Waals surface area contributed by atoms with Crippen LogP contribution in [0.4, 0.5) is 5.69 Å². The fourth-order valence-corrected chi connectivity index (χ4v) is 2.82. The van der Waals surface area contributed by atoms with Crippen LogP contribution in [0.25, 0.3) is 11.0 Å². The molecule has 0 aliphatic rings. The van der Waals surface area contributed by atoms with E-state index >= 15 is 0 Å². The minimum atomic E-state index is -0.400. The van der Waals surface area contributed by atoms with E-state index < -0.39 is 5.63 Å². The van der Waals surface area contributed by atoms with Gasteiger partial charge >= 0.3 is 5.63 Å². The van der Waals surface area contributed by atoms with Gasteiger partial charge in [-0.05, 0) is 59.6 Å². The maximum absolute atomic E-state index is 12.4. The molecule has 3 rings (SSSR count). The van der Waals surface area contributed by atoms with Gasteiger partial charge in [-0.3, -0.25) is 10.1 Å². The number of thiocarbonyl (C=S) groups is 1. The average molecular weight is 380 g/mol. The molecule has 5 nitrogen and oxygen atoms in total. The van der Waals surface area contributed by atoms with Crippen molar-refractivity contribution in [2.45, 2.75) is 26.2 Å². The van der Waals surface area contributed by atoms with Crippen LogP contribution >= 0.6 is 12.2 Å². The zero-order valence-electron chi connectivity index (χ0n) is 15.3. The SMILES string of the molecule is CC(C)(C)c1ccc(C(=O)NC(=S)Nc2ccc3oc(=O)ccc3c2)cc1. The third kappa shape index (κ3) is 4.60. The van der Waals surface area contributed by atoms with Gasteiger partial charge in [0.2, 0.25) is 0 Å². The summed E-state index contributed by atoms with van der Waals surface area (Å²) in [7, 11) is 0. The van der Waals surface area contributed by atoms with Crippen molar-refractivity contribution in [3.8, 4) is 0 Å². The van der Waals surface area contributed by atoms with Crippen LogP contribution in [0.15, 0.2) is 63.8 Å². The van der Waals surface area contributed by atoms with Crippen LogP contribution in [0.3, 0.4) is 0 Å². The van der Waals surface area contributed by atoms with Crippen LogP contribution in [-0.4, -0.2) is 11.0 Å². The van der Waals surface area contributed by atoms with Crippen LogP contribution in [0, 0.1) is 0 Å². The fraction of sp³-hybridized carbons (Fsp3) is 0.190. The molecule has 138 valence electrons. The van der Waals surface area contributed by atoms with Crippen LogP contribution in [0.5, 0.6) is 0 Å². The first-order valence-corrected chi connectivity index (χ1v) is 8.90. The van der Waals surface area contributed by atoms with Gasteiger partial charge < -0.3 is 9.73 Å². The van der Waals surface area contributed by atoms with E-state index in [0.29, 0.717) is 16.8 Å². The Labute approximate surface area is 162 Å². The smallest absolute Gasteiger partial charge is 0.336 e. The molecule has 0 unspecified atom stereocenters. The van der Waals surface area contributed by atoms with Crippen molar-refractivity contribution in [3.05, 3.63) is 76.1 Å². The van der Waals surface area contributed by atoms with Gasteiger partial charge in [0.15, 0.2) is 5.11 Å². The summed E-state index contributed by atoms with van der Waals surface area (Å²) in [6.45, 7) is 6.36. The second-order valence-electron chi connectivity index (χ2n) is 7.24. The zero-order valence-corrected chi connectivity index (χ0v) is 16.1. The number of hydrogen-bond acceptors (Lipinski definition) is 4. The highest BCUT2D eigenvalue weighted by atomic mass is 32.1. The quantitative estimate of drug-likeness (QED) is 0.515. The lowest BCUT2D eigenvalue weighted by Crippen LogP contribution is -2.34. The van der Waals surface area contributed by atoms with E-state index in [0.717, 1.165) is 10.9 Å². The lowest BCUT2D eigenvalue weighted by molar-refractivity contribution is 0.0977. The number of carbonyl (C=O) groups excluding carboxylic acids is 1. The van der Waals surface area contributed by atoms with E-state index in [1.54, 1.807) is 36.4 Å². The van der Waals surface area contributed by atoms with Crippen molar-refractivity contribution >= 4 is 39.9 Å². The molecule has 0 fully saturated rings. The van der Waals surface area contributed by atoms with Crippen molar-refractivity contribution in [2.24, 2.45) is 0 Å². The summed E-state index contributed by atoms with van der Waals surface area (Å²) in [4.78, 5) is 23.6. The third-order valence-corrected chi connectivity index (χ3v) is 4.32. The van der Waals surface area contributed by atoms with E-state index in [1.165, 1.54) is 6.07 Å². The Hall–Kier alpha value is -2.99. The molecule has 0 atom stereocenters. The van der Waals surface area contributed by atoms with Gasteiger partial charge in [0.1, 0.15) is 5.58 Å². The minimum Gasteiger partial charge on any atom is -0.423 e. The molecule has 1 heterocycles. The fourth-order valence-electron chi connectivity index (χ4n) is 2.61. The highest BCUT2D eigenvalue weighted by molar-refractivity contribution is 7.80. The van der Waals surface area contributed by atoms with Gasteiger partial charge in [-0.2, -0.15) is 0 Å². The number of benzene rings is 2. The van der Waals surface area contributed by atoms with E-state index in [-0.39, 0.29) is 16.4 Å². The summed E-state index contributed by atoms with van der Waals surface area (Å²) in [6.07, 6.45) is 0. The monoisotopic (exact) mass is 380 g/mol. The van der Waals surface area contributed by atoms with E-state index in [9.17, 15) is 9.59 Å². The summed E-state index contributed by atoms with van der Waals surface area (Å²) in [6, 6.07) is 15.7. The molecule has 0 saturated heterocycles. The molecule has 27 heavy (non-hydrogen) atoms. The van der Waals surface area contributed by atoms with Crippen molar-refractivity contribution in [3.63, 3.8) is 0 Å². The van der Waals surface area contributed by atoms with Crippen molar-refractivity contribution in [1.82, 2.24) is 5.32 Å². The van der Waals surface area contributed by atoms with E-state index in [4.69, 9.17) is 16.6 Å². The molecule has 3 aromatic rings. The third-order valence-electron chi connectivity index (χ3n) is 4.12. The molecule has 0 aliphatic heterocycles. The lowest BCUT2D eigenvalue weighted by Gasteiger charge is -2.19. The molecule has 0 aliphatic carbocycles. The maximum Gasteiger partial charge on any atom is 0.336 e. The van der Waals surface area contributed by atoms with Crippen LogP contribution < -0.4 is 16.3 Å². The molecular formula is C21H20N2O3S. The van der Waals surface area contributed by atoms with Gasteiger partial charge in [0.05, 0.1) is 0 Å². The number of amides is 1. The van der Waals surface area contributed by atoms with Crippen molar-refractivity contribution in [2.75, 3.05) is 5.32 Å². The Morgan fingerprint density at radius 2 is 1.70 bits per heavy atom. The topological polar surface area (TPSA) is 71.3 Å². The summed E-state index contributed by atoms with van der Waals surface area (Å²) in [5.74, 6) is -0.278. The van der Waals surface area contributed by atoms with Crippen molar-refractivity contribution < 1.29 is 9.21 Å². The molecule has 2 aromatic carbocycles. The Morgan fingerprint density at radius 1 is 1.00 bits per heavy atom. The van der Waals surface area contributed by atoms with Gasteiger partial charge in [-0.25, -0.2) is 4.79 Å². The predicted octanol–water partition coefficient (Wildman–Crippen LogP) is 4.22. The minimum absolute atomic E-state index is 0.0289. The predicted molar refractivity (Wildman–Crippen MR) is 111 cm³/mol. The number of fused-ring (bicyclic) bond motifs is 1. The van der Waals surface area contributed by atoms with Gasteiger partial charge in [-0.15, -0.1) is 0 Å². The largest absolute Gasteiger partial charge is 0.423 e. The first-order valence-electron chi connectivity index (χ1n) is 8.49. The van der Waals surface area contributed by atoms with E-state index in [1.807, 2.05) is 12.1 Å². The standard InChI is InChI=1S/C21H20N2O3S/c1-21(2,3)15-7-4-13(5-8-15)19(25)23-20(27)22-16-9-10-17-14(12-16)6-11-18(24)26-17/h4-12H,1-3H3,(H2,22,23,25,27). The molecule has 1 aromatic heterocycles. The molecule has 0 saturated carbocycles. The number of carbonyl (C=O) groups is 1. The zero-order chi connectivity index (χ0) is 19.6. The number of anilines is 1. The maximum atomic E-state index is 12.4. The molecule has 0 radical (unpaired) electrons. The molecule has 6 heteroatoms. The van der Waals surface area contributed by atoms with Gasteiger partial charge in [0, 0.05) is 22.7 Å². The second-order valence-corrected chi connectivity index (χ2v) is 7.65. The molecule has 1 amide bonds. The van der Waals surface area contributed by atoms with Crippen LogP contribution in [-0.2, 0) is 5.41 Å². The summed E-state index contributed by atoms with van der Waals surface area (Å²) in [5, 5.41) is 6.58. The highest BCUT2D eigenvalue weighted by Gasteiger charge is 2.14. The normalized spacial score (nSPS) is 11.2. The van der Waals surface area contributed by atoms with Crippen LogP contribution in [0.2, 0.25) is 0 Å². The van der Waals surface area contributed by atoms with Crippen LogP contribution in [0.1, 0.15) is 36.7 Å². The number of rotatable bonds is 2. The molecule has 0 bridgehead atoms. The Bertz CT molecular complexity index is 1060. The van der Waals surface area contributed by atoms with Gasteiger partial charge in [0.25, 0.3) is 5.91 Å². The number of hydrogen-bond donors (Lipinski definition) is 2. The average Bonchev–Trinajstić information content (AvgIpc) is 2.61. The number of nitrogens with one attached hydrogen (secondary N) is 2. The molecule has 2 N–H and O–H groups in total. The first kappa shape index (κ1) is 18.8. The Kier molecular flexibility index (Phi) is 5.10. The summed E-state index contributed by atoms with van der Waals surface area (Å²) < 4.78 is 5.09. The molecular weight excluding hydrogens is 360 g/mol. The van der Waals surface area contributed by atoms with E-state index in [2.05, 4.69) is 31.4 Å². The van der Waals surface area contributed by atoms with Gasteiger partial charge in [-0.1, -0.05) is 32.9 Å². The lowest BCUT2D eigenvalue weighted by atomic mass is 9.87. The van der Waals surface area contributed by atoms with Crippen molar-refractivity contribution in [1.29, 1.82) is 0 Å². The second kappa shape index (κ2) is 7.32. The Balaban J connectivity index is 1.67. The Morgan fingerprint density at radius 3 is 2.37 bits per heavy atom. The summed E-state index contributed by atoms with van der Waals surface area (Å²) in [5.41, 5.74) is 2.49.